The average molecular weight is 431 g/mol. The number of anilines is 1. The number of hydrogen-bond acceptors (Lipinski definition) is 7. The van der Waals surface area contributed by atoms with Gasteiger partial charge in [-0.15, -0.1) is 0 Å². The van der Waals surface area contributed by atoms with Gasteiger partial charge in [0.2, 0.25) is 0 Å². The molecule has 0 saturated heterocycles. The fourth-order valence-corrected chi connectivity index (χ4v) is 3.72. The lowest BCUT2D eigenvalue weighted by atomic mass is 10.1. The van der Waals surface area contributed by atoms with Crippen molar-refractivity contribution >= 4 is 27.8 Å². The quantitative estimate of drug-likeness (QED) is 0.378. The predicted molar refractivity (Wildman–Crippen MR) is 121 cm³/mol. The standard InChI is InChI=1S/C22H21N7O3/c1-29-11-15-19(28-29)20(24-10-12-6-4-5-7-23-12)18(22(30)27-15)21-25-13-8-16(31-2)17(32-3)9-14(13)26-21/h4-9,11,24H,10H2,1-3H3,(H,25,26)(H,27,30). The zero-order chi connectivity index (χ0) is 22.2. The zero-order valence-electron chi connectivity index (χ0n) is 17.8. The number of pyridine rings is 2. The molecular formula is C22H21N7O3. The fraction of sp³-hybridized carbons (Fsp3) is 0.182. The van der Waals surface area contributed by atoms with E-state index in [0.29, 0.717) is 57.2 Å². The Morgan fingerprint density at radius 1 is 1.09 bits per heavy atom. The molecule has 0 aliphatic heterocycles. The fourth-order valence-electron chi connectivity index (χ4n) is 3.72. The maximum atomic E-state index is 13.1. The minimum atomic E-state index is -0.285. The van der Waals surface area contributed by atoms with Crippen LogP contribution in [-0.4, -0.2) is 43.9 Å². The largest absolute Gasteiger partial charge is 0.493 e. The third kappa shape index (κ3) is 3.31. The second-order valence-electron chi connectivity index (χ2n) is 7.25. The van der Waals surface area contributed by atoms with E-state index < -0.39 is 0 Å². The Labute approximate surface area is 182 Å². The number of imidazole rings is 1. The molecule has 0 unspecified atom stereocenters. The number of aromatic amines is 2. The SMILES string of the molecule is COc1cc2nc(-c3c(NCc4ccccn4)c4nn(C)cc4[nH]c3=O)[nH]c2cc1OC. The Morgan fingerprint density at radius 3 is 2.66 bits per heavy atom. The number of rotatable bonds is 6. The first kappa shape index (κ1) is 19.6. The first-order valence-corrected chi connectivity index (χ1v) is 9.93. The maximum Gasteiger partial charge on any atom is 0.261 e. The molecule has 0 aliphatic carbocycles. The molecule has 0 fully saturated rings. The van der Waals surface area contributed by atoms with Crippen molar-refractivity contribution in [3.05, 3.63) is 58.8 Å². The second kappa shape index (κ2) is 7.73. The number of fused-ring (bicyclic) bond motifs is 2. The summed E-state index contributed by atoms with van der Waals surface area (Å²) in [7, 11) is 4.94. The summed E-state index contributed by atoms with van der Waals surface area (Å²) in [6.07, 6.45) is 3.49. The highest BCUT2D eigenvalue weighted by Crippen LogP contribution is 2.34. The van der Waals surface area contributed by atoms with Crippen molar-refractivity contribution in [3.8, 4) is 22.9 Å². The molecule has 0 spiro atoms. The molecule has 32 heavy (non-hydrogen) atoms. The normalized spacial score (nSPS) is 11.2. The van der Waals surface area contributed by atoms with Gasteiger partial charge in [0.15, 0.2) is 11.5 Å². The third-order valence-corrected chi connectivity index (χ3v) is 5.19. The number of aryl methyl sites for hydroxylation is 1. The van der Waals surface area contributed by atoms with Crippen molar-refractivity contribution in [1.82, 2.24) is 29.7 Å². The van der Waals surface area contributed by atoms with Crippen LogP contribution in [0.1, 0.15) is 5.69 Å². The molecule has 0 aliphatic rings. The molecule has 5 rings (SSSR count). The van der Waals surface area contributed by atoms with E-state index in [0.717, 1.165) is 5.69 Å². The molecule has 0 bridgehead atoms. The topological polar surface area (TPSA) is 123 Å². The molecule has 4 aromatic heterocycles. The molecule has 3 N–H and O–H groups in total. The van der Waals surface area contributed by atoms with Crippen LogP contribution in [0.4, 0.5) is 5.69 Å². The van der Waals surface area contributed by atoms with Crippen molar-refractivity contribution in [2.75, 3.05) is 19.5 Å². The van der Waals surface area contributed by atoms with Crippen LogP contribution < -0.4 is 20.3 Å². The van der Waals surface area contributed by atoms with Crippen LogP contribution in [0.5, 0.6) is 11.5 Å². The maximum absolute atomic E-state index is 13.1. The van der Waals surface area contributed by atoms with Crippen LogP contribution in [0.2, 0.25) is 0 Å². The Hall–Kier alpha value is -4.34. The Balaban J connectivity index is 1.69. The summed E-state index contributed by atoms with van der Waals surface area (Å²) >= 11 is 0. The number of ether oxygens (including phenoxy) is 2. The summed E-state index contributed by atoms with van der Waals surface area (Å²) in [5.74, 6) is 1.53. The molecule has 10 nitrogen and oxygen atoms in total. The number of H-pyrrole nitrogens is 2. The van der Waals surface area contributed by atoms with Gasteiger partial charge in [-0.2, -0.15) is 5.10 Å². The van der Waals surface area contributed by atoms with E-state index >= 15 is 0 Å². The summed E-state index contributed by atoms with van der Waals surface area (Å²) in [6.45, 7) is 0.421. The van der Waals surface area contributed by atoms with Gasteiger partial charge in [-0.25, -0.2) is 4.98 Å². The van der Waals surface area contributed by atoms with Crippen LogP contribution in [0, 0.1) is 0 Å². The summed E-state index contributed by atoms with van der Waals surface area (Å²) in [5.41, 5.74) is 4.11. The van der Waals surface area contributed by atoms with Crippen molar-refractivity contribution in [2.45, 2.75) is 6.54 Å². The van der Waals surface area contributed by atoms with E-state index in [1.165, 1.54) is 0 Å². The van der Waals surface area contributed by atoms with Gasteiger partial charge in [0.25, 0.3) is 5.56 Å². The highest BCUT2D eigenvalue weighted by molar-refractivity contribution is 5.96. The molecule has 5 aromatic rings. The first-order valence-electron chi connectivity index (χ1n) is 9.93. The summed E-state index contributed by atoms with van der Waals surface area (Å²) in [4.78, 5) is 28.3. The Bertz CT molecular complexity index is 1440. The lowest BCUT2D eigenvalue weighted by molar-refractivity contribution is 0.356. The molecule has 0 atom stereocenters. The molecule has 10 heteroatoms. The lowest BCUT2D eigenvalue weighted by Gasteiger charge is -2.10. The Morgan fingerprint density at radius 2 is 1.91 bits per heavy atom. The number of nitrogens with zero attached hydrogens (tertiary/aromatic N) is 4. The molecule has 162 valence electrons. The summed E-state index contributed by atoms with van der Waals surface area (Å²) in [6, 6.07) is 9.24. The smallest absolute Gasteiger partial charge is 0.261 e. The van der Waals surface area contributed by atoms with Gasteiger partial charge in [-0.3, -0.25) is 14.5 Å². The summed E-state index contributed by atoms with van der Waals surface area (Å²) < 4.78 is 12.4. The number of methoxy groups -OCH3 is 2. The van der Waals surface area contributed by atoms with Gasteiger partial charge < -0.3 is 24.8 Å². The van der Waals surface area contributed by atoms with Crippen LogP contribution in [-0.2, 0) is 13.6 Å². The molecule has 0 saturated carbocycles. The predicted octanol–water partition coefficient (Wildman–Crippen LogP) is 2.83. The van der Waals surface area contributed by atoms with Crippen molar-refractivity contribution in [3.63, 3.8) is 0 Å². The lowest BCUT2D eigenvalue weighted by Crippen LogP contribution is -2.14. The van der Waals surface area contributed by atoms with Gasteiger partial charge in [0.05, 0.1) is 48.7 Å². The monoisotopic (exact) mass is 431 g/mol. The highest BCUT2D eigenvalue weighted by atomic mass is 16.5. The summed E-state index contributed by atoms with van der Waals surface area (Å²) in [5, 5.41) is 7.89. The van der Waals surface area contributed by atoms with Crippen LogP contribution >= 0.6 is 0 Å². The number of nitrogens with one attached hydrogen (secondary N) is 3. The van der Waals surface area contributed by atoms with Crippen LogP contribution in [0.3, 0.4) is 0 Å². The zero-order valence-corrected chi connectivity index (χ0v) is 17.8. The number of hydrogen-bond donors (Lipinski definition) is 3. The van der Waals surface area contributed by atoms with Gasteiger partial charge in [-0.1, -0.05) is 6.07 Å². The molecule has 4 heterocycles. The average Bonchev–Trinajstić information content (AvgIpc) is 3.38. The minimum Gasteiger partial charge on any atom is -0.493 e. The second-order valence-corrected chi connectivity index (χ2v) is 7.25. The molecule has 1 aromatic carbocycles. The van der Waals surface area contributed by atoms with E-state index in [4.69, 9.17) is 9.47 Å². The number of aromatic nitrogens is 6. The van der Waals surface area contributed by atoms with Gasteiger partial charge in [0, 0.05) is 31.6 Å². The van der Waals surface area contributed by atoms with Crippen molar-refractivity contribution in [1.29, 1.82) is 0 Å². The Kier molecular flexibility index (Phi) is 4.74. The van der Waals surface area contributed by atoms with E-state index in [1.54, 1.807) is 50.5 Å². The van der Waals surface area contributed by atoms with Crippen molar-refractivity contribution in [2.24, 2.45) is 7.05 Å². The highest BCUT2D eigenvalue weighted by Gasteiger charge is 2.21. The molecular weight excluding hydrogens is 410 g/mol. The number of benzene rings is 1. The van der Waals surface area contributed by atoms with E-state index in [-0.39, 0.29) is 5.56 Å². The third-order valence-electron chi connectivity index (χ3n) is 5.19. The van der Waals surface area contributed by atoms with E-state index in [1.807, 2.05) is 18.2 Å². The van der Waals surface area contributed by atoms with Crippen molar-refractivity contribution < 1.29 is 9.47 Å². The first-order chi connectivity index (χ1) is 15.6. The molecule has 0 radical (unpaired) electrons. The van der Waals surface area contributed by atoms with Crippen LogP contribution in [0.15, 0.2) is 47.5 Å². The van der Waals surface area contributed by atoms with E-state index in [9.17, 15) is 4.79 Å². The minimum absolute atomic E-state index is 0.285. The van der Waals surface area contributed by atoms with Gasteiger partial charge in [-0.05, 0) is 12.1 Å². The van der Waals surface area contributed by atoms with Crippen LogP contribution in [0.25, 0.3) is 33.5 Å². The van der Waals surface area contributed by atoms with Gasteiger partial charge >= 0.3 is 0 Å². The van der Waals surface area contributed by atoms with Gasteiger partial charge in [0.1, 0.15) is 16.9 Å². The van der Waals surface area contributed by atoms with E-state index in [2.05, 4.69) is 30.4 Å². The molecule has 0 amide bonds.